The highest BCUT2D eigenvalue weighted by Crippen LogP contribution is 2.34. The van der Waals surface area contributed by atoms with E-state index in [1.165, 1.54) is 25.4 Å². The van der Waals surface area contributed by atoms with Gasteiger partial charge in [-0.1, -0.05) is 97.4 Å². The molecule has 0 amide bonds. The summed E-state index contributed by atoms with van der Waals surface area (Å²) in [4.78, 5) is 0. The van der Waals surface area contributed by atoms with Crippen molar-refractivity contribution in [2.45, 2.75) is 0 Å². The molecule has 0 unspecified atom stereocenters. The quantitative estimate of drug-likeness (QED) is 0.694. The van der Waals surface area contributed by atoms with Gasteiger partial charge in [0.05, 0.1) is 0 Å². The first-order valence-corrected chi connectivity index (χ1v) is 7.07. The fraction of sp³-hybridized carbons (Fsp3) is 0. The average Bonchev–Trinajstić information content (AvgIpc) is 2.64. The minimum absolute atomic E-state index is 0.321. The van der Waals surface area contributed by atoms with Crippen molar-refractivity contribution in [1.82, 2.24) is 0 Å². The summed E-state index contributed by atoms with van der Waals surface area (Å²) in [6.45, 7) is 0.321. The van der Waals surface area contributed by atoms with Crippen molar-refractivity contribution >= 4 is 54.0 Å². The van der Waals surface area contributed by atoms with Crippen molar-refractivity contribution in [3.8, 4) is 0 Å². The van der Waals surface area contributed by atoms with Crippen LogP contribution < -0.4 is 10.9 Å². The monoisotopic (exact) mass is 346 g/mol. The van der Waals surface area contributed by atoms with E-state index in [-0.39, 0.29) is 0 Å². The lowest BCUT2D eigenvalue weighted by Crippen LogP contribution is -2.40. The predicted octanol–water partition coefficient (Wildman–Crippen LogP) is 3.31. The van der Waals surface area contributed by atoms with E-state index in [0.717, 1.165) is 0 Å². The molecule has 1 aliphatic heterocycles. The summed E-state index contributed by atoms with van der Waals surface area (Å²) in [5, 5.41) is 0. The fourth-order valence-electron chi connectivity index (χ4n) is 2.31. The summed E-state index contributed by atoms with van der Waals surface area (Å²) >= 11 is 7.39. The van der Waals surface area contributed by atoms with Gasteiger partial charge < -0.3 is 0 Å². The summed E-state index contributed by atoms with van der Waals surface area (Å²) in [6.07, 6.45) is 0. The maximum absolute atomic E-state index is 3.72. The summed E-state index contributed by atoms with van der Waals surface area (Å²) in [7, 11) is 0. The zero-order valence-electron chi connectivity index (χ0n) is 9.03. The zero-order chi connectivity index (χ0) is 11.8. The van der Waals surface area contributed by atoms with E-state index in [2.05, 4.69) is 86.5 Å². The molecule has 1 aliphatic rings. The third-order valence-electron chi connectivity index (χ3n) is 3.10. The topological polar surface area (TPSA) is 0 Å². The molecule has 82 valence electrons. The normalized spacial score (nSPS) is 14.1. The van der Waals surface area contributed by atoms with E-state index in [0.29, 0.717) is 6.71 Å². The van der Waals surface area contributed by atoms with Gasteiger partial charge in [-0.15, -0.1) is 0 Å². The molecule has 0 spiro atoms. The van der Waals surface area contributed by atoms with Crippen molar-refractivity contribution < 1.29 is 0 Å². The number of benzene rings is 2. The standard InChI is InChI=1S/C14H9BBr2/c16-13-11-8-4-5-9-12(11)15(14(13)17)10-6-2-1-3-7-10/h1-9H. The first-order chi connectivity index (χ1) is 8.29. The molecule has 17 heavy (non-hydrogen) atoms. The molecular weight excluding hydrogens is 339 g/mol. The van der Waals surface area contributed by atoms with Gasteiger partial charge in [0.1, 0.15) is 0 Å². The largest absolute Gasteiger partial charge is 0.252 e. The van der Waals surface area contributed by atoms with Gasteiger partial charge in [-0.25, -0.2) is 0 Å². The molecule has 0 saturated heterocycles. The van der Waals surface area contributed by atoms with Crippen LogP contribution in [0.15, 0.2) is 59.0 Å². The van der Waals surface area contributed by atoms with Crippen molar-refractivity contribution in [1.29, 1.82) is 0 Å². The van der Waals surface area contributed by atoms with Crippen LogP contribution in [0.1, 0.15) is 5.56 Å². The van der Waals surface area contributed by atoms with E-state index in [4.69, 9.17) is 0 Å². The molecule has 2 aromatic carbocycles. The van der Waals surface area contributed by atoms with Crippen LogP contribution >= 0.6 is 31.9 Å². The maximum Gasteiger partial charge on any atom is 0.252 e. The van der Waals surface area contributed by atoms with Gasteiger partial charge in [-0.05, 0) is 9.95 Å². The molecule has 3 rings (SSSR count). The number of hydrogen-bond donors (Lipinski definition) is 0. The Morgan fingerprint density at radius 2 is 1.41 bits per heavy atom. The van der Waals surface area contributed by atoms with Gasteiger partial charge in [0.2, 0.25) is 0 Å². The van der Waals surface area contributed by atoms with Crippen LogP contribution in [0.2, 0.25) is 0 Å². The number of halogens is 2. The Labute approximate surface area is 118 Å². The molecule has 0 aromatic heterocycles. The van der Waals surface area contributed by atoms with E-state index in [9.17, 15) is 0 Å². The van der Waals surface area contributed by atoms with Crippen LogP contribution in [0, 0.1) is 0 Å². The van der Waals surface area contributed by atoms with Crippen LogP contribution in [-0.4, -0.2) is 6.71 Å². The lowest BCUT2D eigenvalue weighted by molar-refractivity contribution is 1.72. The van der Waals surface area contributed by atoms with Crippen molar-refractivity contribution in [2.75, 3.05) is 0 Å². The Kier molecular flexibility index (Phi) is 2.97. The zero-order valence-corrected chi connectivity index (χ0v) is 12.2. The fourth-order valence-corrected chi connectivity index (χ4v) is 3.63. The molecule has 3 heteroatoms. The lowest BCUT2D eigenvalue weighted by atomic mass is 9.42. The first-order valence-electron chi connectivity index (χ1n) is 5.48. The number of hydrogen-bond acceptors (Lipinski definition) is 0. The summed E-state index contributed by atoms with van der Waals surface area (Å²) in [6, 6.07) is 19.1. The molecule has 0 bridgehead atoms. The molecule has 0 fully saturated rings. The molecule has 1 heterocycles. The molecule has 0 radical (unpaired) electrons. The molecular formula is C14H9BBr2. The van der Waals surface area contributed by atoms with Crippen LogP contribution in [0.25, 0.3) is 4.48 Å². The van der Waals surface area contributed by atoms with Gasteiger partial charge in [-0.3, -0.25) is 0 Å². The van der Waals surface area contributed by atoms with E-state index < -0.39 is 0 Å². The Hall–Kier alpha value is -0.795. The van der Waals surface area contributed by atoms with E-state index in [1.807, 2.05) is 0 Å². The highest BCUT2D eigenvalue weighted by molar-refractivity contribution is 9.17. The van der Waals surface area contributed by atoms with Crippen LogP contribution in [0.4, 0.5) is 0 Å². The Bertz CT molecular complexity index is 590. The number of rotatable bonds is 1. The van der Waals surface area contributed by atoms with Crippen LogP contribution in [0.5, 0.6) is 0 Å². The van der Waals surface area contributed by atoms with E-state index in [1.54, 1.807) is 0 Å². The van der Waals surface area contributed by atoms with Crippen molar-refractivity contribution in [3.63, 3.8) is 0 Å². The SMILES string of the molecule is BrC1=C(Br)c2ccccc2B1c1ccccc1. The van der Waals surface area contributed by atoms with Gasteiger partial charge in [0.25, 0.3) is 6.71 Å². The second kappa shape index (κ2) is 4.47. The lowest BCUT2D eigenvalue weighted by Gasteiger charge is -2.09. The second-order valence-corrected chi connectivity index (χ2v) is 5.74. The molecule has 0 atom stereocenters. The maximum atomic E-state index is 3.72. The molecule has 2 aromatic rings. The summed E-state index contributed by atoms with van der Waals surface area (Å²) in [5.74, 6) is 0. The Morgan fingerprint density at radius 3 is 2.18 bits per heavy atom. The van der Waals surface area contributed by atoms with Crippen molar-refractivity contribution in [2.24, 2.45) is 0 Å². The van der Waals surface area contributed by atoms with E-state index >= 15 is 0 Å². The van der Waals surface area contributed by atoms with Gasteiger partial charge in [0, 0.05) is 4.48 Å². The highest BCUT2D eigenvalue weighted by atomic mass is 79.9. The Balaban J connectivity index is 2.20. The molecule has 0 saturated carbocycles. The van der Waals surface area contributed by atoms with Crippen LogP contribution in [0.3, 0.4) is 0 Å². The predicted molar refractivity (Wildman–Crippen MR) is 82.7 cm³/mol. The number of fused-ring (bicyclic) bond motifs is 1. The molecule has 0 aliphatic carbocycles. The highest BCUT2D eigenvalue weighted by Gasteiger charge is 2.32. The second-order valence-electron chi connectivity index (χ2n) is 4.09. The van der Waals surface area contributed by atoms with Crippen LogP contribution in [-0.2, 0) is 0 Å². The third-order valence-corrected chi connectivity index (χ3v) is 5.35. The smallest absolute Gasteiger partial charge is 0.0680 e. The van der Waals surface area contributed by atoms with Crippen molar-refractivity contribution in [3.05, 3.63) is 64.5 Å². The minimum Gasteiger partial charge on any atom is -0.0680 e. The van der Waals surface area contributed by atoms with Gasteiger partial charge in [0.15, 0.2) is 0 Å². The molecule has 0 nitrogen and oxygen atoms in total. The van der Waals surface area contributed by atoms with Gasteiger partial charge >= 0.3 is 0 Å². The first kappa shape index (κ1) is 11.3. The minimum atomic E-state index is 0.321. The average molecular weight is 348 g/mol. The summed E-state index contributed by atoms with van der Waals surface area (Å²) in [5.41, 5.74) is 3.96. The molecule has 0 N–H and O–H groups in total. The third kappa shape index (κ3) is 1.82. The van der Waals surface area contributed by atoms with Gasteiger partial charge in [-0.2, -0.15) is 0 Å². The Morgan fingerprint density at radius 1 is 0.765 bits per heavy atom. The summed E-state index contributed by atoms with van der Waals surface area (Å²) < 4.78 is 2.38.